The van der Waals surface area contributed by atoms with Crippen LogP contribution >= 0.6 is 0 Å². The third-order valence-electron chi connectivity index (χ3n) is 7.80. The Morgan fingerprint density at radius 3 is 0.840 bits per heavy atom. The van der Waals surface area contributed by atoms with Crippen LogP contribution in [-0.2, 0) is 0 Å². The molecule has 0 radical (unpaired) electrons. The van der Waals surface area contributed by atoms with Crippen molar-refractivity contribution in [1.82, 2.24) is 0 Å². The number of rotatable bonds is 13. The standard InChI is InChI=1S/C42H40N2O6/c1-29(45)48-40-23-17-37(18-24-40)43(34-7-5-4-6-8-34)35-13-9-32(10-14-35)33-11-15-36(16-12-33)44(38-19-25-41(26-20-38)49-30(2)46)39-21-27-42(28-22-39)50-31(3)47/h4-31,45-47H,1-3H3. The quantitative estimate of drug-likeness (QED) is 0.105. The minimum Gasteiger partial charge on any atom is -0.465 e. The molecular formula is C42H40N2O6. The number of benzene rings is 6. The summed E-state index contributed by atoms with van der Waals surface area (Å²) in [5, 5.41) is 28.9. The Morgan fingerprint density at radius 2 is 0.580 bits per heavy atom. The van der Waals surface area contributed by atoms with Crippen molar-refractivity contribution in [3.05, 3.63) is 152 Å². The van der Waals surface area contributed by atoms with Crippen molar-refractivity contribution in [3.8, 4) is 28.4 Å². The molecule has 8 nitrogen and oxygen atoms in total. The van der Waals surface area contributed by atoms with Crippen molar-refractivity contribution in [2.45, 2.75) is 39.6 Å². The van der Waals surface area contributed by atoms with Gasteiger partial charge in [-0.15, -0.1) is 0 Å². The van der Waals surface area contributed by atoms with Crippen molar-refractivity contribution < 1.29 is 29.5 Å². The first-order valence-electron chi connectivity index (χ1n) is 16.4. The molecule has 0 aromatic heterocycles. The number of aliphatic hydroxyl groups excluding tert-OH is 3. The molecule has 0 heterocycles. The van der Waals surface area contributed by atoms with E-state index in [1.165, 1.54) is 0 Å². The second-order valence-corrected chi connectivity index (χ2v) is 11.7. The first kappa shape index (κ1) is 34.1. The summed E-state index contributed by atoms with van der Waals surface area (Å²) >= 11 is 0. The lowest BCUT2D eigenvalue weighted by molar-refractivity contribution is -0.000873. The second-order valence-electron chi connectivity index (χ2n) is 11.7. The van der Waals surface area contributed by atoms with E-state index < -0.39 is 18.9 Å². The Kier molecular flexibility index (Phi) is 10.6. The number of aliphatic hydroxyl groups is 3. The maximum absolute atomic E-state index is 9.65. The van der Waals surface area contributed by atoms with Gasteiger partial charge >= 0.3 is 0 Å². The molecule has 0 spiro atoms. The highest BCUT2D eigenvalue weighted by Gasteiger charge is 2.16. The van der Waals surface area contributed by atoms with E-state index >= 15 is 0 Å². The molecule has 254 valence electrons. The summed E-state index contributed by atoms with van der Waals surface area (Å²) in [6, 6.07) is 49.7. The van der Waals surface area contributed by atoms with Crippen LogP contribution in [0.25, 0.3) is 11.1 Å². The lowest BCUT2D eigenvalue weighted by Crippen LogP contribution is -2.12. The zero-order valence-electron chi connectivity index (χ0n) is 28.1. The summed E-state index contributed by atoms with van der Waals surface area (Å²) in [6.45, 7) is 4.72. The fourth-order valence-electron chi connectivity index (χ4n) is 5.69. The predicted octanol–water partition coefficient (Wildman–Crippen LogP) is 9.44. The predicted molar refractivity (Wildman–Crippen MR) is 198 cm³/mol. The molecule has 6 aromatic carbocycles. The molecule has 0 fully saturated rings. The fourth-order valence-corrected chi connectivity index (χ4v) is 5.69. The van der Waals surface area contributed by atoms with E-state index in [0.29, 0.717) is 17.2 Å². The number of para-hydroxylation sites is 1. The maximum atomic E-state index is 9.65. The number of hydrogen-bond acceptors (Lipinski definition) is 8. The molecule has 0 saturated carbocycles. The highest BCUT2D eigenvalue weighted by molar-refractivity contribution is 5.81. The number of anilines is 6. The van der Waals surface area contributed by atoms with Crippen molar-refractivity contribution in [2.75, 3.05) is 9.80 Å². The molecule has 0 amide bonds. The van der Waals surface area contributed by atoms with Gasteiger partial charge in [0.2, 0.25) is 0 Å². The first-order chi connectivity index (χ1) is 24.2. The smallest absolute Gasteiger partial charge is 0.194 e. The van der Waals surface area contributed by atoms with Crippen LogP contribution in [0.2, 0.25) is 0 Å². The van der Waals surface area contributed by atoms with Crippen molar-refractivity contribution in [2.24, 2.45) is 0 Å². The Hall–Kier alpha value is -5.80. The fraction of sp³-hybridized carbons (Fsp3) is 0.143. The SMILES string of the molecule is CC(O)Oc1ccc(N(c2ccccc2)c2ccc(-c3ccc(N(c4ccc(OC(C)O)cc4)c4ccc(OC(C)O)cc4)cc3)cc2)cc1. The zero-order chi connectivity index (χ0) is 35.0. The Morgan fingerprint density at radius 1 is 0.340 bits per heavy atom. The third-order valence-corrected chi connectivity index (χ3v) is 7.80. The van der Waals surface area contributed by atoms with Gasteiger partial charge in [0.1, 0.15) is 17.2 Å². The molecule has 0 aliphatic rings. The molecule has 6 rings (SSSR count). The number of hydrogen-bond donors (Lipinski definition) is 3. The molecular weight excluding hydrogens is 628 g/mol. The summed E-state index contributed by atoms with van der Waals surface area (Å²) in [6.07, 6.45) is -2.71. The van der Waals surface area contributed by atoms with Crippen LogP contribution in [0, 0.1) is 0 Å². The molecule has 8 heteroatoms. The molecule has 0 saturated heterocycles. The second kappa shape index (κ2) is 15.6. The van der Waals surface area contributed by atoms with Crippen LogP contribution < -0.4 is 24.0 Å². The lowest BCUT2D eigenvalue weighted by Gasteiger charge is -2.26. The van der Waals surface area contributed by atoms with E-state index in [2.05, 4.69) is 70.5 Å². The van der Waals surface area contributed by atoms with Gasteiger partial charge in [-0.2, -0.15) is 0 Å². The van der Waals surface area contributed by atoms with Crippen LogP contribution in [-0.4, -0.2) is 34.2 Å². The topological polar surface area (TPSA) is 94.9 Å². The minimum absolute atomic E-state index is 0.566. The van der Waals surface area contributed by atoms with E-state index in [4.69, 9.17) is 14.2 Å². The summed E-state index contributed by atoms with van der Waals surface area (Å²) in [7, 11) is 0. The maximum Gasteiger partial charge on any atom is 0.194 e. The Balaban J connectivity index is 1.28. The largest absolute Gasteiger partial charge is 0.465 e. The lowest BCUT2D eigenvalue weighted by atomic mass is 10.0. The summed E-state index contributed by atoms with van der Waals surface area (Å²) in [5.41, 5.74) is 7.85. The van der Waals surface area contributed by atoms with Gasteiger partial charge in [0.05, 0.1) is 0 Å². The van der Waals surface area contributed by atoms with Crippen LogP contribution in [0.4, 0.5) is 34.1 Å². The van der Waals surface area contributed by atoms with Crippen molar-refractivity contribution in [3.63, 3.8) is 0 Å². The van der Waals surface area contributed by atoms with E-state index in [1.807, 2.05) is 91.0 Å². The molecule has 50 heavy (non-hydrogen) atoms. The first-order valence-corrected chi connectivity index (χ1v) is 16.4. The Bertz CT molecular complexity index is 1870. The van der Waals surface area contributed by atoms with E-state index in [0.717, 1.165) is 45.3 Å². The summed E-state index contributed by atoms with van der Waals surface area (Å²) in [4.78, 5) is 4.28. The van der Waals surface area contributed by atoms with Gasteiger partial charge in [0.25, 0.3) is 0 Å². The van der Waals surface area contributed by atoms with Crippen LogP contribution in [0.5, 0.6) is 17.2 Å². The van der Waals surface area contributed by atoms with Gasteiger partial charge in [-0.25, -0.2) is 0 Å². The van der Waals surface area contributed by atoms with Gasteiger partial charge in [-0.1, -0.05) is 42.5 Å². The van der Waals surface area contributed by atoms with Crippen LogP contribution in [0.15, 0.2) is 152 Å². The summed E-state index contributed by atoms with van der Waals surface area (Å²) in [5.74, 6) is 1.73. The molecule has 0 aliphatic heterocycles. The van der Waals surface area contributed by atoms with Gasteiger partial charge in [0, 0.05) is 34.1 Å². The number of nitrogens with zero attached hydrogens (tertiary/aromatic N) is 2. The highest BCUT2D eigenvalue weighted by atomic mass is 16.6. The van der Waals surface area contributed by atoms with E-state index in [1.54, 1.807) is 20.8 Å². The van der Waals surface area contributed by atoms with Crippen LogP contribution in [0.1, 0.15) is 20.8 Å². The van der Waals surface area contributed by atoms with Gasteiger partial charge < -0.3 is 39.3 Å². The highest BCUT2D eigenvalue weighted by Crippen LogP contribution is 2.39. The van der Waals surface area contributed by atoms with E-state index in [9.17, 15) is 15.3 Å². The number of ether oxygens (including phenoxy) is 3. The van der Waals surface area contributed by atoms with E-state index in [-0.39, 0.29) is 0 Å². The zero-order valence-corrected chi connectivity index (χ0v) is 28.1. The van der Waals surface area contributed by atoms with Gasteiger partial charge in [-0.05, 0) is 141 Å². The Labute approximate surface area is 292 Å². The molecule has 3 N–H and O–H groups in total. The molecule has 3 unspecified atom stereocenters. The average molecular weight is 669 g/mol. The third kappa shape index (κ3) is 8.43. The van der Waals surface area contributed by atoms with Crippen LogP contribution in [0.3, 0.4) is 0 Å². The molecule has 3 atom stereocenters. The van der Waals surface area contributed by atoms with Crippen molar-refractivity contribution in [1.29, 1.82) is 0 Å². The van der Waals surface area contributed by atoms with Crippen molar-refractivity contribution >= 4 is 34.1 Å². The molecule has 6 aromatic rings. The average Bonchev–Trinajstić information content (AvgIpc) is 3.11. The minimum atomic E-state index is -0.913. The molecule has 0 bridgehead atoms. The monoisotopic (exact) mass is 668 g/mol. The van der Waals surface area contributed by atoms with Gasteiger partial charge in [0.15, 0.2) is 18.9 Å². The normalized spacial score (nSPS) is 12.8. The molecule has 0 aliphatic carbocycles. The summed E-state index contributed by atoms with van der Waals surface area (Å²) < 4.78 is 16.3. The van der Waals surface area contributed by atoms with Gasteiger partial charge in [-0.3, -0.25) is 0 Å².